The number of hydrogen-bond donors (Lipinski definition) is 1. The number of rotatable bonds is 5. The molecule has 0 aliphatic carbocycles. The summed E-state index contributed by atoms with van der Waals surface area (Å²) in [5, 5.41) is 3.41. The summed E-state index contributed by atoms with van der Waals surface area (Å²) in [7, 11) is 4.17. The van der Waals surface area contributed by atoms with Gasteiger partial charge in [-0.3, -0.25) is 0 Å². The first-order valence-electron chi connectivity index (χ1n) is 6.30. The number of likely N-dealkylation sites (N-methyl/N-ethyl adjacent to an activating group) is 1. The van der Waals surface area contributed by atoms with Crippen LogP contribution in [0.5, 0.6) is 0 Å². The lowest BCUT2D eigenvalue weighted by Crippen LogP contribution is -2.20. The number of anilines is 1. The zero-order chi connectivity index (χ0) is 12.8. The van der Waals surface area contributed by atoms with Gasteiger partial charge in [0.05, 0.1) is 0 Å². The van der Waals surface area contributed by atoms with E-state index in [1.807, 2.05) is 6.07 Å². The summed E-state index contributed by atoms with van der Waals surface area (Å²) in [6.45, 7) is 2.01. The van der Waals surface area contributed by atoms with Crippen LogP contribution in [-0.2, 0) is 0 Å². The van der Waals surface area contributed by atoms with Crippen LogP contribution in [0.25, 0.3) is 11.1 Å². The van der Waals surface area contributed by atoms with E-state index in [4.69, 9.17) is 0 Å². The van der Waals surface area contributed by atoms with Crippen LogP contribution in [0, 0.1) is 0 Å². The van der Waals surface area contributed by atoms with E-state index in [-0.39, 0.29) is 12.4 Å². The average molecular weight is 277 g/mol. The van der Waals surface area contributed by atoms with Crippen LogP contribution in [0.2, 0.25) is 0 Å². The third-order valence-electron chi connectivity index (χ3n) is 2.88. The number of halogens is 1. The van der Waals surface area contributed by atoms with Gasteiger partial charge >= 0.3 is 0 Å². The van der Waals surface area contributed by atoms with E-state index in [2.05, 4.69) is 72.8 Å². The van der Waals surface area contributed by atoms with E-state index in [1.165, 1.54) is 16.8 Å². The first-order valence-corrected chi connectivity index (χ1v) is 6.30. The van der Waals surface area contributed by atoms with Gasteiger partial charge in [0.1, 0.15) is 0 Å². The molecule has 19 heavy (non-hydrogen) atoms. The fraction of sp³-hybridized carbons (Fsp3) is 0.250. The summed E-state index contributed by atoms with van der Waals surface area (Å²) in [5.41, 5.74) is 3.70. The highest BCUT2D eigenvalue weighted by Crippen LogP contribution is 2.20. The van der Waals surface area contributed by atoms with Crippen LogP contribution in [0.4, 0.5) is 5.69 Å². The van der Waals surface area contributed by atoms with E-state index in [0.29, 0.717) is 0 Å². The molecule has 0 atom stereocenters. The van der Waals surface area contributed by atoms with Gasteiger partial charge in [0.15, 0.2) is 0 Å². The third kappa shape index (κ3) is 4.93. The molecule has 0 bridgehead atoms. The lowest BCUT2D eigenvalue weighted by atomic mass is 10.1. The summed E-state index contributed by atoms with van der Waals surface area (Å²) >= 11 is 0. The molecule has 0 aliphatic heterocycles. The molecule has 0 aliphatic rings. The summed E-state index contributed by atoms with van der Waals surface area (Å²) in [4.78, 5) is 2.17. The summed E-state index contributed by atoms with van der Waals surface area (Å²) in [6.07, 6.45) is 0. The van der Waals surface area contributed by atoms with E-state index in [9.17, 15) is 0 Å². The Balaban J connectivity index is 0.00000180. The van der Waals surface area contributed by atoms with Gasteiger partial charge in [0.25, 0.3) is 0 Å². The predicted molar refractivity (Wildman–Crippen MR) is 86.2 cm³/mol. The second-order valence-corrected chi connectivity index (χ2v) is 4.67. The van der Waals surface area contributed by atoms with Gasteiger partial charge in [-0.2, -0.15) is 0 Å². The standard InChI is InChI=1S/C16H20N2.ClH/c1-18(2)13-12-17-16-10-8-15(9-11-16)14-6-4-3-5-7-14;/h3-11,17H,12-13H2,1-2H3;1H. The van der Waals surface area contributed by atoms with Gasteiger partial charge in [-0.1, -0.05) is 42.5 Å². The normalized spacial score (nSPS) is 10.1. The van der Waals surface area contributed by atoms with Crippen LogP contribution >= 0.6 is 12.4 Å². The zero-order valence-electron chi connectivity index (χ0n) is 11.5. The molecule has 0 radical (unpaired) electrons. The molecule has 0 fully saturated rings. The molecule has 2 rings (SSSR count). The van der Waals surface area contributed by atoms with E-state index >= 15 is 0 Å². The van der Waals surface area contributed by atoms with Crippen molar-refractivity contribution < 1.29 is 0 Å². The Morgan fingerprint density at radius 3 is 2.00 bits per heavy atom. The lowest BCUT2D eigenvalue weighted by Gasteiger charge is -2.11. The first kappa shape index (κ1) is 15.5. The molecular weight excluding hydrogens is 256 g/mol. The van der Waals surface area contributed by atoms with Crippen molar-refractivity contribution >= 4 is 18.1 Å². The van der Waals surface area contributed by atoms with E-state index < -0.39 is 0 Å². The summed E-state index contributed by atoms with van der Waals surface area (Å²) < 4.78 is 0. The van der Waals surface area contributed by atoms with Gasteiger partial charge in [-0.05, 0) is 37.4 Å². The molecular formula is C16H21ClN2. The second kappa shape index (κ2) is 7.82. The highest BCUT2D eigenvalue weighted by Gasteiger charge is 1.97. The number of benzene rings is 2. The predicted octanol–water partition coefficient (Wildman–Crippen LogP) is 3.75. The molecule has 0 saturated carbocycles. The Kier molecular flexibility index (Phi) is 6.40. The second-order valence-electron chi connectivity index (χ2n) is 4.67. The highest BCUT2D eigenvalue weighted by molar-refractivity contribution is 5.85. The third-order valence-corrected chi connectivity index (χ3v) is 2.88. The molecule has 2 nitrogen and oxygen atoms in total. The molecule has 3 heteroatoms. The minimum absolute atomic E-state index is 0. The van der Waals surface area contributed by atoms with E-state index in [1.54, 1.807) is 0 Å². The Morgan fingerprint density at radius 2 is 1.42 bits per heavy atom. The highest BCUT2D eigenvalue weighted by atomic mass is 35.5. The molecule has 0 spiro atoms. The van der Waals surface area contributed by atoms with Crippen molar-refractivity contribution in [3.05, 3.63) is 54.6 Å². The van der Waals surface area contributed by atoms with Crippen LogP contribution in [0.1, 0.15) is 0 Å². The average Bonchev–Trinajstić information content (AvgIpc) is 2.40. The molecule has 102 valence electrons. The fourth-order valence-electron chi connectivity index (χ4n) is 1.83. The van der Waals surface area contributed by atoms with Crippen molar-refractivity contribution in [1.82, 2.24) is 4.90 Å². The van der Waals surface area contributed by atoms with Crippen molar-refractivity contribution in [1.29, 1.82) is 0 Å². The lowest BCUT2D eigenvalue weighted by molar-refractivity contribution is 0.425. The maximum absolute atomic E-state index is 3.41. The number of nitrogens with zero attached hydrogens (tertiary/aromatic N) is 1. The Bertz CT molecular complexity index is 466. The van der Waals surface area contributed by atoms with Crippen LogP contribution in [0.15, 0.2) is 54.6 Å². The summed E-state index contributed by atoms with van der Waals surface area (Å²) in [6, 6.07) is 19.0. The molecule has 2 aromatic carbocycles. The fourth-order valence-corrected chi connectivity index (χ4v) is 1.83. The van der Waals surface area contributed by atoms with Crippen molar-refractivity contribution in [3.63, 3.8) is 0 Å². The van der Waals surface area contributed by atoms with Crippen LogP contribution < -0.4 is 5.32 Å². The van der Waals surface area contributed by atoms with Crippen LogP contribution in [-0.4, -0.2) is 32.1 Å². The molecule has 0 amide bonds. The van der Waals surface area contributed by atoms with Crippen molar-refractivity contribution in [2.45, 2.75) is 0 Å². The van der Waals surface area contributed by atoms with E-state index in [0.717, 1.165) is 13.1 Å². The van der Waals surface area contributed by atoms with Gasteiger partial charge in [-0.25, -0.2) is 0 Å². The SMILES string of the molecule is CN(C)CCNc1ccc(-c2ccccc2)cc1.Cl. The maximum atomic E-state index is 3.41. The van der Waals surface area contributed by atoms with Crippen molar-refractivity contribution in [2.75, 3.05) is 32.5 Å². The monoisotopic (exact) mass is 276 g/mol. The summed E-state index contributed by atoms with van der Waals surface area (Å²) in [5.74, 6) is 0. The number of hydrogen-bond acceptors (Lipinski definition) is 2. The minimum atomic E-state index is 0. The van der Waals surface area contributed by atoms with Gasteiger partial charge < -0.3 is 10.2 Å². The Labute approximate surface area is 121 Å². The molecule has 1 N–H and O–H groups in total. The molecule has 2 aromatic rings. The maximum Gasteiger partial charge on any atom is 0.0341 e. The Morgan fingerprint density at radius 1 is 0.842 bits per heavy atom. The van der Waals surface area contributed by atoms with Crippen LogP contribution in [0.3, 0.4) is 0 Å². The topological polar surface area (TPSA) is 15.3 Å². The van der Waals surface area contributed by atoms with Crippen molar-refractivity contribution in [3.8, 4) is 11.1 Å². The molecule has 0 unspecified atom stereocenters. The molecule has 0 heterocycles. The minimum Gasteiger partial charge on any atom is -0.384 e. The Hall–Kier alpha value is -1.51. The molecule has 0 saturated heterocycles. The van der Waals surface area contributed by atoms with Gasteiger partial charge in [0.2, 0.25) is 0 Å². The first-order chi connectivity index (χ1) is 8.75. The number of nitrogens with one attached hydrogen (secondary N) is 1. The van der Waals surface area contributed by atoms with Crippen molar-refractivity contribution in [2.24, 2.45) is 0 Å². The smallest absolute Gasteiger partial charge is 0.0341 e. The zero-order valence-corrected chi connectivity index (χ0v) is 12.3. The quantitative estimate of drug-likeness (QED) is 0.895. The van der Waals surface area contributed by atoms with Gasteiger partial charge in [-0.15, -0.1) is 12.4 Å². The largest absolute Gasteiger partial charge is 0.384 e. The molecule has 0 aromatic heterocycles. The van der Waals surface area contributed by atoms with Gasteiger partial charge in [0, 0.05) is 18.8 Å².